The highest BCUT2D eigenvalue weighted by atomic mass is 16.6. The number of hydrogen-bond donors (Lipinski definition) is 0. The molecule has 1 fully saturated rings. The van der Waals surface area contributed by atoms with Gasteiger partial charge in [0.15, 0.2) is 0 Å². The number of nitro groups is 1. The zero-order valence-corrected chi connectivity index (χ0v) is 12.9. The number of carbonyl (C=O) groups excluding carboxylic acids is 1. The van der Waals surface area contributed by atoms with Gasteiger partial charge in [-0.1, -0.05) is 12.1 Å². The summed E-state index contributed by atoms with van der Waals surface area (Å²) in [6.45, 7) is 4.03. The van der Waals surface area contributed by atoms with Gasteiger partial charge in [-0.05, 0) is 32.3 Å². The van der Waals surface area contributed by atoms with Crippen LogP contribution in [0.3, 0.4) is 0 Å². The van der Waals surface area contributed by atoms with Crippen molar-refractivity contribution in [2.24, 2.45) is 0 Å². The molecule has 1 aliphatic heterocycles. The topological polar surface area (TPSA) is 81.9 Å². The molecule has 0 amide bonds. The summed E-state index contributed by atoms with van der Waals surface area (Å²) in [6, 6.07) is 4.18. The zero-order chi connectivity index (χ0) is 16.3. The van der Waals surface area contributed by atoms with E-state index in [-0.39, 0.29) is 11.9 Å². The maximum absolute atomic E-state index is 12.0. The SMILES string of the molecule is COC(=O)C(C)N(c1c(C)cccc1[N+](=O)[O-])C1CCCO1. The van der Waals surface area contributed by atoms with Crippen molar-refractivity contribution in [3.8, 4) is 0 Å². The van der Waals surface area contributed by atoms with Gasteiger partial charge in [0.05, 0.1) is 12.0 Å². The van der Waals surface area contributed by atoms with Crippen LogP contribution >= 0.6 is 0 Å². The van der Waals surface area contributed by atoms with E-state index in [0.29, 0.717) is 18.7 Å². The number of esters is 1. The van der Waals surface area contributed by atoms with Crippen LogP contribution in [0.4, 0.5) is 11.4 Å². The molecule has 0 aliphatic carbocycles. The monoisotopic (exact) mass is 308 g/mol. The molecule has 2 rings (SSSR count). The third-order valence-electron chi connectivity index (χ3n) is 3.85. The van der Waals surface area contributed by atoms with Crippen LogP contribution in [0, 0.1) is 17.0 Å². The van der Waals surface area contributed by atoms with Crippen LogP contribution in [-0.4, -0.2) is 36.9 Å². The molecular formula is C15H20N2O5. The van der Waals surface area contributed by atoms with E-state index in [0.717, 1.165) is 12.0 Å². The number of benzene rings is 1. The van der Waals surface area contributed by atoms with E-state index in [4.69, 9.17) is 9.47 Å². The van der Waals surface area contributed by atoms with Crippen molar-refractivity contribution in [2.45, 2.75) is 39.0 Å². The van der Waals surface area contributed by atoms with E-state index in [1.54, 1.807) is 30.9 Å². The number of ether oxygens (including phenoxy) is 2. The largest absolute Gasteiger partial charge is 0.467 e. The molecule has 0 spiro atoms. The normalized spacial score (nSPS) is 18.8. The number of carbonyl (C=O) groups is 1. The average Bonchev–Trinajstić information content (AvgIpc) is 3.01. The maximum atomic E-state index is 12.0. The lowest BCUT2D eigenvalue weighted by molar-refractivity contribution is -0.384. The van der Waals surface area contributed by atoms with Crippen molar-refractivity contribution in [1.82, 2.24) is 0 Å². The fourth-order valence-corrected chi connectivity index (χ4v) is 2.78. The number of nitrogens with zero attached hydrogens (tertiary/aromatic N) is 2. The number of anilines is 1. The van der Waals surface area contributed by atoms with Gasteiger partial charge < -0.3 is 14.4 Å². The summed E-state index contributed by atoms with van der Waals surface area (Å²) in [5.41, 5.74) is 1.10. The van der Waals surface area contributed by atoms with Gasteiger partial charge >= 0.3 is 5.97 Å². The first kappa shape index (κ1) is 16.2. The predicted molar refractivity (Wildman–Crippen MR) is 80.8 cm³/mol. The summed E-state index contributed by atoms with van der Waals surface area (Å²) in [7, 11) is 1.30. The van der Waals surface area contributed by atoms with E-state index in [9.17, 15) is 14.9 Å². The standard InChI is InChI=1S/C15H20N2O5/c1-10-6-4-7-12(17(19)20)14(10)16(11(2)15(18)21-3)13-8-5-9-22-13/h4,6-7,11,13H,5,8-9H2,1-3H3. The summed E-state index contributed by atoms with van der Waals surface area (Å²) >= 11 is 0. The van der Waals surface area contributed by atoms with Crippen molar-refractivity contribution >= 4 is 17.3 Å². The smallest absolute Gasteiger partial charge is 0.328 e. The summed E-state index contributed by atoms with van der Waals surface area (Å²) in [4.78, 5) is 24.6. The van der Waals surface area contributed by atoms with E-state index >= 15 is 0 Å². The summed E-state index contributed by atoms with van der Waals surface area (Å²) in [6.07, 6.45) is 1.20. The molecule has 0 N–H and O–H groups in total. The van der Waals surface area contributed by atoms with Crippen LogP contribution in [0.1, 0.15) is 25.3 Å². The van der Waals surface area contributed by atoms with Crippen molar-refractivity contribution in [3.63, 3.8) is 0 Å². The quantitative estimate of drug-likeness (QED) is 0.472. The Balaban J connectivity index is 2.53. The van der Waals surface area contributed by atoms with Gasteiger partial charge in [0, 0.05) is 12.7 Å². The Bertz CT molecular complexity index is 569. The molecule has 2 unspecified atom stereocenters. The van der Waals surface area contributed by atoms with E-state index < -0.39 is 16.9 Å². The van der Waals surface area contributed by atoms with Gasteiger partial charge in [-0.25, -0.2) is 4.79 Å². The fraction of sp³-hybridized carbons (Fsp3) is 0.533. The lowest BCUT2D eigenvalue weighted by Crippen LogP contribution is -2.47. The molecule has 1 aliphatic rings. The third-order valence-corrected chi connectivity index (χ3v) is 3.85. The van der Waals surface area contributed by atoms with Crippen LogP contribution in [0.5, 0.6) is 0 Å². The van der Waals surface area contributed by atoms with E-state index in [1.807, 2.05) is 0 Å². The van der Waals surface area contributed by atoms with Gasteiger partial charge in [-0.2, -0.15) is 0 Å². The minimum Gasteiger partial charge on any atom is -0.467 e. The van der Waals surface area contributed by atoms with Gasteiger partial charge in [0.1, 0.15) is 18.0 Å². The zero-order valence-electron chi connectivity index (χ0n) is 12.9. The molecule has 1 heterocycles. The molecule has 0 radical (unpaired) electrons. The molecule has 0 saturated carbocycles. The van der Waals surface area contributed by atoms with Crippen LogP contribution in [-0.2, 0) is 14.3 Å². The Morgan fingerprint density at radius 3 is 2.82 bits per heavy atom. The van der Waals surface area contributed by atoms with E-state index in [2.05, 4.69) is 0 Å². The lowest BCUT2D eigenvalue weighted by atomic mass is 10.1. The summed E-state index contributed by atoms with van der Waals surface area (Å²) in [5, 5.41) is 11.4. The number of rotatable bonds is 5. The molecule has 22 heavy (non-hydrogen) atoms. The number of para-hydroxylation sites is 1. The number of aryl methyl sites for hydroxylation is 1. The molecule has 2 atom stereocenters. The maximum Gasteiger partial charge on any atom is 0.328 e. The molecule has 0 aromatic heterocycles. The number of hydrogen-bond acceptors (Lipinski definition) is 6. The molecule has 1 saturated heterocycles. The minimum absolute atomic E-state index is 0.0359. The van der Waals surface area contributed by atoms with Crippen LogP contribution in [0.25, 0.3) is 0 Å². The Labute approximate surface area is 129 Å². The first-order valence-corrected chi connectivity index (χ1v) is 7.19. The van der Waals surface area contributed by atoms with Crippen molar-refractivity contribution in [2.75, 3.05) is 18.6 Å². The molecule has 7 nitrogen and oxygen atoms in total. The molecular weight excluding hydrogens is 288 g/mol. The van der Waals surface area contributed by atoms with Crippen LogP contribution < -0.4 is 4.90 Å². The highest BCUT2D eigenvalue weighted by molar-refractivity contribution is 5.82. The second-order valence-corrected chi connectivity index (χ2v) is 5.27. The third kappa shape index (κ3) is 3.04. The van der Waals surface area contributed by atoms with Crippen LogP contribution in [0.15, 0.2) is 18.2 Å². The number of nitro benzene ring substituents is 1. The van der Waals surface area contributed by atoms with E-state index in [1.165, 1.54) is 13.2 Å². The Morgan fingerprint density at radius 1 is 1.55 bits per heavy atom. The van der Waals surface area contributed by atoms with Crippen molar-refractivity contribution in [3.05, 3.63) is 33.9 Å². The van der Waals surface area contributed by atoms with Gasteiger partial charge in [0.2, 0.25) is 0 Å². The Kier molecular flexibility index (Phi) is 4.97. The minimum atomic E-state index is -0.673. The second kappa shape index (κ2) is 6.74. The molecule has 120 valence electrons. The second-order valence-electron chi connectivity index (χ2n) is 5.27. The average molecular weight is 308 g/mol. The molecule has 0 bridgehead atoms. The highest BCUT2D eigenvalue weighted by Gasteiger charge is 2.36. The van der Waals surface area contributed by atoms with Gasteiger partial charge in [0.25, 0.3) is 5.69 Å². The van der Waals surface area contributed by atoms with Crippen molar-refractivity contribution in [1.29, 1.82) is 0 Å². The van der Waals surface area contributed by atoms with Gasteiger partial charge in [-0.15, -0.1) is 0 Å². The highest BCUT2D eigenvalue weighted by Crippen LogP contribution is 2.36. The first-order valence-electron chi connectivity index (χ1n) is 7.19. The summed E-state index contributed by atoms with van der Waals surface area (Å²) in [5.74, 6) is -0.451. The lowest BCUT2D eigenvalue weighted by Gasteiger charge is -2.34. The molecule has 1 aromatic carbocycles. The first-order chi connectivity index (χ1) is 10.5. The van der Waals surface area contributed by atoms with Gasteiger partial charge in [-0.3, -0.25) is 10.1 Å². The molecule has 1 aromatic rings. The fourth-order valence-electron chi connectivity index (χ4n) is 2.78. The van der Waals surface area contributed by atoms with Crippen LogP contribution in [0.2, 0.25) is 0 Å². The Hall–Kier alpha value is -2.15. The number of methoxy groups -OCH3 is 1. The predicted octanol–water partition coefficient (Wildman–Crippen LogP) is 2.41. The van der Waals surface area contributed by atoms with Crippen molar-refractivity contribution < 1.29 is 19.2 Å². The molecule has 7 heteroatoms. The summed E-state index contributed by atoms with van der Waals surface area (Å²) < 4.78 is 10.5. The Morgan fingerprint density at radius 2 is 2.27 bits per heavy atom.